The van der Waals surface area contributed by atoms with Crippen molar-refractivity contribution in [1.82, 2.24) is 0 Å². The lowest BCUT2D eigenvalue weighted by atomic mass is 9.81. The van der Waals surface area contributed by atoms with E-state index in [0.717, 1.165) is 88.4 Å². The molecule has 2 nitrogen and oxygen atoms in total. The van der Waals surface area contributed by atoms with Gasteiger partial charge in [0.1, 0.15) is 0 Å². The van der Waals surface area contributed by atoms with Crippen LogP contribution in [0, 0.1) is 24.7 Å². The fraction of sp³-hybridized carbons (Fsp3) is 0. The fourth-order valence-corrected chi connectivity index (χ4v) is 6.46. The van der Waals surface area contributed by atoms with Crippen LogP contribution in [0.1, 0.15) is 11.1 Å². The van der Waals surface area contributed by atoms with Gasteiger partial charge in [-0.3, -0.25) is 0 Å². The van der Waals surface area contributed by atoms with Crippen LogP contribution < -0.4 is 0 Å². The lowest BCUT2D eigenvalue weighted by Gasteiger charge is -2.19. The molecular weight excluding hydrogens is 536 g/mol. The highest BCUT2D eigenvalue weighted by Crippen LogP contribution is 2.48. The summed E-state index contributed by atoms with van der Waals surface area (Å²) in [5.41, 5.74) is 10.6. The average Bonchev–Trinajstić information content (AvgIpc) is 3.08. The molecule has 0 saturated heterocycles. The Bertz CT molecular complexity index is 2240. The van der Waals surface area contributed by atoms with Crippen LogP contribution in [0.3, 0.4) is 0 Å². The molecule has 2 heterocycles. The van der Waals surface area contributed by atoms with Gasteiger partial charge in [0, 0.05) is 57.6 Å². The highest BCUT2D eigenvalue weighted by atomic mass is 16.3. The molecule has 0 bridgehead atoms. The standard InChI is InChI=1S/C42H24O2/c1-3-27-15-13-21-33(41-29-17-5-9-23-35(29)43-36-24-10-6-18-30(36)41)39(27)40-28(4-2)16-14-22-34(40)42-31-19-7-11-25-37(31)44-38-26-12-8-20-32(38)42/h1-2,5-26H/q+2. The first kappa shape index (κ1) is 25.5. The van der Waals surface area contributed by atoms with Gasteiger partial charge in [-0.25, -0.2) is 8.83 Å². The second kappa shape index (κ2) is 10.2. The van der Waals surface area contributed by atoms with Gasteiger partial charge in [0.2, 0.25) is 0 Å². The van der Waals surface area contributed by atoms with Crippen molar-refractivity contribution in [3.63, 3.8) is 0 Å². The van der Waals surface area contributed by atoms with E-state index in [1.807, 2.05) is 97.1 Å². The van der Waals surface area contributed by atoms with Gasteiger partial charge in [0.05, 0.1) is 21.5 Å². The van der Waals surface area contributed by atoms with Gasteiger partial charge >= 0.3 is 22.3 Å². The summed E-state index contributed by atoms with van der Waals surface area (Å²) in [5.74, 6) is 5.99. The molecule has 0 spiro atoms. The number of terminal acetylenes is 2. The van der Waals surface area contributed by atoms with E-state index < -0.39 is 0 Å². The normalized spacial score (nSPS) is 11.1. The molecule has 0 aliphatic heterocycles. The Kier molecular flexibility index (Phi) is 5.94. The Balaban J connectivity index is 1.58. The molecule has 2 aromatic heterocycles. The number of rotatable bonds is 3. The van der Waals surface area contributed by atoms with Crippen molar-refractivity contribution in [1.29, 1.82) is 0 Å². The number of benzene rings is 6. The second-order valence-electron chi connectivity index (χ2n) is 10.7. The van der Waals surface area contributed by atoms with Crippen molar-refractivity contribution >= 4 is 43.9 Å². The van der Waals surface area contributed by atoms with E-state index in [1.165, 1.54) is 0 Å². The molecule has 202 valence electrons. The summed E-state index contributed by atoms with van der Waals surface area (Å²) in [6, 6.07) is 44.8. The Morgan fingerprint density at radius 2 is 0.659 bits per heavy atom. The van der Waals surface area contributed by atoms with Crippen LogP contribution in [0.15, 0.2) is 142 Å². The molecule has 0 atom stereocenters. The molecule has 0 unspecified atom stereocenters. The number of hydrogen-bond acceptors (Lipinski definition) is 0. The lowest BCUT2D eigenvalue weighted by Crippen LogP contribution is -1.98. The number of hydrogen-bond donors (Lipinski definition) is 0. The molecule has 44 heavy (non-hydrogen) atoms. The minimum Gasteiger partial charge on any atom is -0.207 e. The van der Waals surface area contributed by atoms with E-state index in [1.54, 1.807) is 0 Å². The molecule has 8 rings (SSSR count). The topological polar surface area (TPSA) is 22.6 Å². The maximum atomic E-state index is 6.36. The van der Waals surface area contributed by atoms with Gasteiger partial charge in [-0.2, -0.15) is 0 Å². The monoisotopic (exact) mass is 560 g/mol. The van der Waals surface area contributed by atoms with Crippen LogP contribution in [0.2, 0.25) is 0 Å². The fourth-order valence-electron chi connectivity index (χ4n) is 6.46. The van der Waals surface area contributed by atoms with E-state index in [9.17, 15) is 0 Å². The van der Waals surface area contributed by atoms with Crippen LogP contribution in [0.4, 0.5) is 0 Å². The third-order valence-corrected chi connectivity index (χ3v) is 8.29. The van der Waals surface area contributed by atoms with Gasteiger partial charge in [0.15, 0.2) is 0 Å². The van der Waals surface area contributed by atoms with E-state index in [2.05, 4.69) is 48.2 Å². The van der Waals surface area contributed by atoms with Crippen molar-refractivity contribution in [3.8, 4) is 58.1 Å². The zero-order valence-electron chi connectivity index (χ0n) is 23.7. The molecule has 0 saturated carbocycles. The molecule has 0 aliphatic carbocycles. The summed E-state index contributed by atoms with van der Waals surface area (Å²) >= 11 is 0. The van der Waals surface area contributed by atoms with E-state index in [4.69, 9.17) is 21.7 Å². The third kappa shape index (κ3) is 3.87. The van der Waals surface area contributed by atoms with Crippen LogP contribution in [0.5, 0.6) is 0 Å². The van der Waals surface area contributed by atoms with Gasteiger partial charge in [-0.05, 0) is 47.5 Å². The summed E-state index contributed by atoms with van der Waals surface area (Å²) < 4.78 is 12.7. The predicted molar refractivity (Wildman–Crippen MR) is 182 cm³/mol. The quantitative estimate of drug-likeness (QED) is 0.122. The maximum Gasteiger partial charge on any atom is 0.361 e. The van der Waals surface area contributed by atoms with Crippen molar-refractivity contribution in [2.24, 2.45) is 0 Å². The molecule has 0 amide bonds. The summed E-state index contributed by atoms with van der Waals surface area (Å²) in [6.45, 7) is 0. The third-order valence-electron chi connectivity index (χ3n) is 8.29. The van der Waals surface area contributed by atoms with E-state index >= 15 is 0 Å². The summed E-state index contributed by atoms with van der Waals surface area (Å²) in [4.78, 5) is 0. The second-order valence-corrected chi connectivity index (χ2v) is 10.7. The average molecular weight is 561 g/mol. The molecule has 0 fully saturated rings. The Morgan fingerprint density at radius 1 is 0.341 bits per heavy atom. The van der Waals surface area contributed by atoms with Gasteiger partial charge < -0.3 is 0 Å². The van der Waals surface area contributed by atoms with Crippen LogP contribution in [0.25, 0.3) is 77.3 Å². The van der Waals surface area contributed by atoms with Crippen LogP contribution >= 0.6 is 0 Å². The van der Waals surface area contributed by atoms with Crippen molar-refractivity contribution in [2.75, 3.05) is 0 Å². The Morgan fingerprint density at radius 3 is 0.977 bits per heavy atom. The molecule has 0 N–H and O–H groups in total. The van der Waals surface area contributed by atoms with Gasteiger partial charge in [-0.1, -0.05) is 84.6 Å². The zero-order valence-corrected chi connectivity index (χ0v) is 23.7. The molecule has 6 aromatic carbocycles. The molecule has 0 aliphatic rings. The first-order valence-corrected chi connectivity index (χ1v) is 14.4. The van der Waals surface area contributed by atoms with Crippen molar-refractivity contribution < 1.29 is 8.83 Å². The maximum absolute atomic E-state index is 6.36. The van der Waals surface area contributed by atoms with Gasteiger partial charge in [-0.15, -0.1) is 12.8 Å². The lowest BCUT2D eigenvalue weighted by molar-refractivity contribution is 0.660. The zero-order chi connectivity index (χ0) is 29.6. The highest BCUT2D eigenvalue weighted by molar-refractivity contribution is 6.15. The Hall–Kier alpha value is -6.22. The smallest absolute Gasteiger partial charge is 0.207 e. The molecule has 0 radical (unpaired) electrons. The first-order valence-electron chi connectivity index (χ1n) is 14.4. The number of fused-ring (bicyclic) bond motifs is 4. The summed E-state index contributed by atoms with van der Waals surface area (Å²) in [5, 5.41) is 3.98. The number of para-hydroxylation sites is 4. The van der Waals surface area contributed by atoms with Crippen LogP contribution in [-0.2, 0) is 0 Å². The SMILES string of the molecule is C#Cc1cccc(-c2c3ccccc3[o+]c3ccccc23)c1-c1c(C#C)cccc1-c1c2ccccc2[o+]c2ccccc12. The largest absolute Gasteiger partial charge is 0.361 e. The molecule has 8 aromatic rings. The molecule has 2 heteroatoms. The minimum absolute atomic E-state index is 0.759. The predicted octanol–water partition coefficient (Wildman–Crippen LogP) is 11.0. The summed E-state index contributed by atoms with van der Waals surface area (Å²) in [6.07, 6.45) is 12.6. The van der Waals surface area contributed by atoms with E-state index in [-0.39, 0.29) is 0 Å². The highest BCUT2D eigenvalue weighted by Gasteiger charge is 2.27. The summed E-state index contributed by atoms with van der Waals surface area (Å²) in [7, 11) is 0. The van der Waals surface area contributed by atoms with Gasteiger partial charge in [0.25, 0.3) is 0 Å². The van der Waals surface area contributed by atoms with Crippen molar-refractivity contribution in [2.45, 2.75) is 0 Å². The minimum atomic E-state index is 0.759. The van der Waals surface area contributed by atoms with Crippen LogP contribution in [-0.4, -0.2) is 0 Å². The first-order chi connectivity index (χ1) is 21.8. The van der Waals surface area contributed by atoms with E-state index in [0.29, 0.717) is 0 Å². The van der Waals surface area contributed by atoms with Crippen molar-refractivity contribution in [3.05, 3.63) is 145 Å². The Labute approximate surface area is 254 Å². The molecular formula is C42H24O2+2.